The molecule has 134 valence electrons. The van der Waals surface area contributed by atoms with Gasteiger partial charge in [-0.25, -0.2) is 14.3 Å². The van der Waals surface area contributed by atoms with Crippen LogP contribution in [0.15, 0.2) is 18.5 Å². The maximum atomic E-state index is 12.8. The number of amides is 1. The molecule has 2 aromatic rings. The van der Waals surface area contributed by atoms with Crippen molar-refractivity contribution in [3.63, 3.8) is 0 Å². The zero-order valence-corrected chi connectivity index (χ0v) is 14.7. The Labute approximate surface area is 145 Å². The van der Waals surface area contributed by atoms with Gasteiger partial charge >= 0.3 is 5.97 Å². The molecule has 0 aromatic carbocycles. The summed E-state index contributed by atoms with van der Waals surface area (Å²) in [6.07, 6.45) is 3.11. The molecule has 0 unspecified atom stereocenters. The average Bonchev–Trinajstić information content (AvgIpc) is 2.96. The van der Waals surface area contributed by atoms with Crippen LogP contribution in [0.2, 0.25) is 0 Å². The van der Waals surface area contributed by atoms with Crippen LogP contribution in [0.4, 0.5) is 0 Å². The van der Waals surface area contributed by atoms with Crippen LogP contribution in [0.1, 0.15) is 43.2 Å². The summed E-state index contributed by atoms with van der Waals surface area (Å²) in [5, 5.41) is 16.6. The number of aliphatic carboxylic acids is 1. The molecule has 1 fully saturated rings. The van der Waals surface area contributed by atoms with Gasteiger partial charge < -0.3 is 15.2 Å². The summed E-state index contributed by atoms with van der Waals surface area (Å²) in [7, 11) is 0. The van der Waals surface area contributed by atoms with Crippen LogP contribution in [0.5, 0.6) is 0 Å². The lowest BCUT2D eigenvalue weighted by molar-refractivity contribution is -0.190. The van der Waals surface area contributed by atoms with Gasteiger partial charge in [-0.1, -0.05) is 13.8 Å². The lowest BCUT2D eigenvalue weighted by atomic mass is 9.54. The summed E-state index contributed by atoms with van der Waals surface area (Å²) < 4.78 is 7.10. The largest absolute Gasteiger partial charge is 0.479 e. The molecule has 2 heterocycles. The zero-order chi connectivity index (χ0) is 18.4. The Kier molecular flexibility index (Phi) is 4.03. The monoisotopic (exact) mass is 346 g/mol. The van der Waals surface area contributed by atoms with E-state index >= 15 is 0 Å². The SMILES string of the molecule is CCO[C@@H]1C[C@](NC(=O)c2cnn3ccc(C)nc23)(C(=O)O)C1(C)C. The summed E-state index contributed by atoms with van der Waals surface area (Å²) in [6.45, 7) is 7.76. The molecule has 2 aromatic heterocycles. The Morgan fingerprint density at radius 3 is 2.80 bits per heavy atom. The molecule has 8 heteroatoms. The Balaban J connectivity index is 1.92. The van der Waals surface area contributed by atoms with Crippen LogP contribution in [0.3, 0.4) is 0 Å². The maximum absolute atomic E-state index is 12.8. The molecule has 2 atom stereocenters. The molecule has 0 spiro atoms. The number of hydrogen-bond donors (Lipinski definition) is 2. The minimum atomic E-state index is -1.39. The quantitative estimate of drug-likeness (QED) is 0.848. The van der Waals surface area contributed by atoms with Gasteiger partial charge in [0.15, 0.2) is 5.65 Å². The molecular formula is C17H22N4O4. The van der Waals surface area contributed by atoms with Crippen LogP contribution < -0.4 is 5.32 Å². The molecule has 2 N–H and O–H groups in total. The summed E-state index contributed by atoms with van der Waals surface area (Å²) in [6, 6.07) is 1.78. The van der Waals surface area contributed by atoms with Gasteiger partial charge in [0, 0.05) is 30.3 Å². The molecular weight excluding hydrogens is 324 g/mol. The molecule has 1 saturated carbocycles. The van der Waals surface area contributed by atoms with E-state index < -0.39 is 22.8 Å². The third kappa shape index (κ3) is 2.48. The van der Waals surface area contributed by atoms with Crippen LogP contribution in [-0.2, 0) is 9.53 Å². The van der Waals surface area contributed by atoms with Crippen molar-refractivity contribution < 1.29 is 19.4 Å². The van der Waals surface area contributed by atoms with Crippen molar-refractivity contribution in [2.45, 2.75) is 45.8 Å². The number of ether oxygens (including phenoxy) is 1. The minimum Gasteiger partial charge on any atom is -0.479 e. The highest BCUT2D eigenvalue weighted by Gasteiger charge is 2.66. The zero-order valence-electron chi connectivity index (χ0n) is 14.7. The fraction of sp³-hybridized carbons (Fsp3) is 0.529. The van der Waals surface area contributed by atoms with Gasteiger partial charge in [-0.2, -0.15) is 5.10 Å². The number of carbonyl (C=O) groups excluding carboxylic acids is 1. The number of carboxylic acid groups (broad SMARTS) is 1. The number of aryl methyl sites for hydroxylation is 1. The molecule has 25 heavy (non-hydrogen) atoms. The van der Waals surface area contributed by atoms with Gasteiger partial charge in [0.05, 0.1) is 12.3 Å². The summed E-state index contributed by atoms with van der Waals surface area (Å²) in [5.74, 6) is -1.57. The molecule has 0 radical (unpaired) electrons. The summed E-state index contributed by atoms with van der Waals surface area (Å²) in [4.78, 5) is 29.1. The fourth-order valence-electron chi connectivity index (χ4n) is 3.42. The number of carbonyl (C=O) groups is 2. The first kappa shape index (κ1) is 17.3. The van der Waals surface area contributed by atoms with E-state index in [1.54, 1.807) is 26.1 Å². The Morgan fingerprint density at radius 1 is 1.48 bits per heavy atom. The van der Waals surface area contributed by atoms with E-state index in [0.29, 0.717) is 12.3 Å². The first-order valence-electron chi connectivity index (χ1n) is 8.21. The predicted molar refractivity (Wildman–Crippen MR) is 89.4 cm³/mol. The van der Waals surface area contributed by atoms with Crippen molar-refractivity contribution in [2.24, 2.45) is 5.41 Å². The van der Waals surface area contributed by atoms with Gasteiger partial charge in [0.25, 0.3) is 5.91 Å². The van der Waals surface area contributed by atoms with Crippen molar-refractivity contribution in [3.05, 3.63) is 29.7 Å². The highest BCUT2D eigenvalue weighted by Crippen LogP contribution is 2.51. The number of fused-ring (bicyclic) bond motifs is 1. The fourth-order valence-corrected chi connectivity index (χ4v) is 3.42. The Morgan fingerprint density at radius 2 is 2.20 bits per heavy atom. The number of carboxylic acids is 1. The van der Waals surface area contributed by atoms with E-state index in [9.17, 15) is 14.7 Å². The molecule has 3 rings (SSSR count). The number of nitrogens with one attached hydrogen (secondary N) is 1. The topological polar surface area (TPSA) is 106 Å². The smallest absolute Gasteiger partial charge is 0.330 e. The van der Waals surface area contributed by atoms with E-state index in [0.717, 1.165) is 5.69 Å². The second-order valence-corrected chi connectivity index (χ2v) is 6.93. The molecule has 0 saturated heterocycles. The van der Waals surface area contributed by atoms with Gasteiger partial charge in [-0.3, -0.25) is 4.79 Å². The average molecular weight is 346 g/mol. The van der Waals surface area contributed by atoms with Crippen LogP contribution in [0.25, 0.3) is 5.65 Å². The summed E-state index contributed by atoms with van der Waals surface area (Å²) in [5.41, 5.74) is -0.731. The van der Waals surface area contributed by atoms with Crippen molar-refractivity contribution in [2.75, 3.05) is 6.61 Å². The third-order valence-corrected chi connectivity index (χ3v) is 5.21. The number of nitrogens with zero attached hydrogens (tertiary/aromatic N) is 3. The van der Waals surface area contributed by atoms with E-state index in [1.807, 2.05) is 13.8 Å². The van der Waals surface area contributed by atoms with E-state index in [4.69, 9.17) is 4.74 Å². The highest BCUT2D eigenvalue weighted by atomic mass is 16.5. The lowest BCUT2D eigenvalue weighted by Gasteiger charge is -2.58. The van der Waals surface area contributed by atoms with Crippen molar-refractivity contribution in [1.29, 1.82) is 0 Å². The van der Waals surface area contributed by atoms with Crippen molar-refractivity contribution in [3.8, 4) is 0 Å². The lowest BCUT2D eigenvalue weighted by Crippen LogP contribution is -2.76. The molecule has 0 bridgehead atoms. The van der Waals surface area contributed by atoms with Gasteiger partial charge in [-0.15, -0.1) is 0 Å². The predicted octanol–water partition coefficient (Wildman–Crippen LogP) is 1.43. The number of rotatable bonds is 5. The maximum Gasteiger partial charge on any atom is 0.330 e. The van der Waals surface area contributed by atoms with Gasteiger partial charge in [0.1, 0.15) is 11.1 Å². The van der Waals surface area contributed by atoms with Gasteiger partial charge in [0.2, 0.25) is 0 Å². The first-order chi connectivity index (χ1) is 11.7. The van der Waals surface area contributed by atoms with E-state index in [1.165, 1.54) is 10.7 Å². The van der Waals surface area contributed by atoms with Crippen molar-refractivity contribution >= 4 is 17.5 Å². The standard InChI is InChI=1S/C17H22N4O4/c1-5-25-12-8-17(15(23)24,16(12,3)4)20-14(22)11-9-18-21-7-6-10(2)19-13(11)21/h6-7,9,12H,5,8H2,1-4H3,(H,20,22)(H,23,24)/t12-,17+/m1/s1. The normalized spacial score (nSPS) is 24.7. The minimum absolute atomic E-state index is 0.223. The Hall–Kier alpha value is -2.48. The molecule has 1 amide bonds. The molecule has 0 aliphatic heterocycles. The molecule has 1 aliphatic rings. The molecule has 8 nitrogen and oxygen atoms in total. The van der Waals surface area contributed by atoms with E-state index in [-0.39, 0.29) is 18.1 Å². The molecule has 1 aliphatic carbocycles. The van der Waals surface area contributed by atoms with Gasteiger partial charge in [-0.05, 0) is 19.9 Å². The second kappa shape index (κ2) is 5.80. The van der Waals surface area contributed by atoms with Crippen LogP contribution >= 0.6 is 0 Å². The third-order valence-electron chi connectivity index (χ3n) is 5.21. The van der Waals surface area contributed by atoms with Crippen LogP contribution in [0, 0.1) is 12.3 Å². The summed E-state index contributed by atoms with van der Waals surface area (Å²) >= 11 is 0. The number of hydrogen-bond acceptors (Lipinski definition) is 5. The number of aromatic nitrogens is 3. The van der Waals surface area contributed by atoms with Crippen LogP contribution in [-0.4, -0.2) is 49.8 Å². The van der Waals surface area contributed by atoms with Crippen molar-refractivity contribution in [1.82, 2.24) is 19.9 Å². The Bertz CT molecular complexity index is 844. The highest BCUT2D eigenvalue weighted by molar-refractivity contribution is 6.02. The van der Waals surface area contributed by atoms with E-state index in [2.05, 4.69) is 15.4 Å². The first-order valence-corrected chi connectivity index (χ1v) is 8.21. The second-order valence-electron chi connectivity index (χ2n) is 6.93.